The van der Waals surface area contributed by atoms with Crippen LogP contribution in [0.3, 0.4) is 0 Å². The summed E-state index contributed by atoms with van der Waals surface area (Å²) in [7, 11) is 1.52. The minimum atomic E-state index is -1.22. The lowest BCUT2D eigenvalue weighted by molar-refractivity contribution is -0.156. The molecule has 23 heavy (non-hydrogen) atoms. The molecule has 1 aromatic heterocycles. The lowest BCUT2D eigenvalue weighted by Crippen LogP contribution is -2.34. The van der Waals surface area contributed by atoms with Crippen molar-refractivity contribution in [2.45, 2.75) is 44.9 Å². The van der Waals surface area contributed by atoms with E-state index in [9.17, 15) is 9.90 Å². The Morgan fingerprint density at radius 1 is 1.43 bits per heavy atom. The second kappa shape index (κ2) is 6.55. The highest BCUT2D eigenvalue weighted by molar-refractivity contribution is 5.79. The molecule has 7 heteroatoms. The van der Waals surface area contributed by atoms with E-state index in [1.807, 2.05) is 0 Å². The van der Waals surface area contributed by atoms with Gasteiger partial charge in [-0.1, -0.05) is 6.07 Å². The maximum absolute atomic E-state index is 11.8. The molecule has 0 aliphatic heterocycles. The van der Waals surface area contributed by atoms with E-state index >= 15 is 0 Å². The van der Waals surface area contributed by atoms with Gasteiger partial charge in [-0.15, -0.1) is 0 Å². The zero-order valence-corrected chi connectivity index (χ0v) is 13.7. The van der Waals surface area contributed by atoms with Crippen LogP contribution in [0.4, 0.5) is 0 Å². The third kappa shape index (κ3) is 4.20. The van der Waals surface area contributed by atoms with Crippen LogP contribution in [0.5, 0.6) is 5.75 Å². The Bertz CT molecular complexity index is 689. The third-order valence-electron chi connectivity index (χ3n) is 3.10. The number of fused-ring (bicyclic) bond motifs is 1. The van der Waals surface area contributed by atoms with Crippen molar-refractivity contribution in [3.05, 3.63) is 24.1 Å². The van der Waals surface area contributed by atoms with Gasteiger partial charge in [0.25, 0.3) is 0 Å². The fraction of sp³-hybridized carbons (Fsp3) is 0.500. The Hall–Kier alpha value is -2.12. The highest BCUT2D eigenvalue weighted by Crippen LogP contribution is 2.29. The highest BCUT2D eigenvalue weighted by Gasteiger charge is 2.27. The Labute approximate surface area is 134 Å². The largest absolute Gasteiger partial charge is 0.493 e. The first-order chi connectivity index (χ1) is 10.7. The van der Waals surface area contributed by atoms with E-state index in [0.717, 1.165) is 0 Å². The van der Waals surface area contributed by atoms with Crippen LogP contribution in [0.25, 0.3) is 11.1 Å². The monoisotopic (exact) mass is 322 g/mol. The Morgan fingerprint density at radius 3 is 2.74 bits per heavy atom. The van der Waals surface area contributed by atoms with Gasteiger partial charge in [0.05, 0.1) is 13.5 Å². The molecular formula is C16H22N2O5. The molecule has 0 amide bonds. The van der Waals surface area contributed by atoms with Crippen LogP contribution in [0, 0.1) is 0 Å². The highest BCUT2D eigenvalue weighted by atomic mass is 16.6. The number of hydrogen-bond acceptors (Lipinski definition) is 7. The second-order valence-corrected chi connectivity index (χ2v) is 6.26. The molecule has 0 aliphatic rings. The van der Waals surface area contributed by atoms with Gasteiger partial charge in [0.2, 0.25) is 5.89 Å². The summed E-state index contributed by atoms with van der Waals surface area (Å²) in [6, 6.07) is 4.34. The fourth-order valence-corrected chi connectivity index (χ4v) is 2.10. The number of carbonyl (C=O) groups is 1. The molecule has 0 spiro atoms. The second-order valence-electron chi connectivity index (χ2n) is 6.26. The van der Waals surface area contributed by atoms with Crippen LogP contribution in [0.1, 0.15) is 39.2 Å². The number of ether oxygens (including phenoxy) is 2. The molecule has 0 saturated carbocycles. The van der Waals surface area contributed by atoms with Gasteiger partial charge in [-0.25, -0.2) is 4.98 Å². The standard InChI is InChI=1S/C16H22N2O5/c1-16(2,3)23-12(19)8-9(17)13(20)15-18-10-6-5-7-11(21-4)14(10)22-15/h5-7,9,13,20H,8,17H2,1-4H3. The third-order valence-corrected chi connectivity index (χ3v) is 3.10. The molecule has 1 heterocycles. The first-order valence-corrected chi connectivity index (χ1v) is 7.30. The van der Waals surface area contributed by atoms with Gasteiger partial charge in [0.15, 0.2) is 11.3 Å². The van der Waals surface area contributed by atoms with E-state index in [1.54, 1.807) is 39.0 Å². The Kier molecular flexibility index (Phi) is 4.91. The molecule has 1 aromatic carbocycles. The van der Waals surface area contributed by atoms with Gasteiger partial charge < -0.3 is 24.7 Å². The van der Waals surface area contributed by atoms with Gasteiger partial charge >= 0.3 is 5.97 Å². The van der Waals surface area contributed by atoms with Crippen molar-refractivity contribution in [2.75, 3.05) is 7.11 Å². The number of rotatable bonds is 5. The number of aliphatic hydroxyl groups is 1. The molecule has 0 aliphatic carbocycles. The van der Waals surface area contributed by atoms with E-state index in [0.29, 0.717) is 16.8 Å². The number of nitrogens with zero attached hydrogens (tertiary/aromatic N) is 1. The van der Waals surface area contributed by atoms with Crippen molar-refractivity contribution in [1.29, 1.82) is 0 Å². The van der Waals surface area contributed by atoms with Crippen LogP contribution >= 0.6 is 0 Å². The lowest BCUT2D eigenvalue weighted by atomic mass is 10.1. The van der Waals surface area contributed by atoms with Crippen LogP contribution in [0.2, 0.25) is 0 Å². The number of carbonyl (C=O) groups excluding carboxylic acids is 1. The van der Waals surface area contributed by atoms with Crippen LogP contribution in [-0.2, 0) is 9.53 Å². The number of para-hydroxylation sites is 1. The summed E-state index contributed by atoms with van der Waals surface area (Å²) >= 11 is 0. The number of aliphatic hydroxyl groups excluding tert-OH is 1. The molecule has 0 bridgehead atoms. The summed E-state index contributed by atoms with van der Waals surface area (Å²) in [5.41, 5.74) is 6.24. The van der Waals surface area contributed by atoms with Crippen LogP contribution in [-0.4, -0.2) is 34.8 Å². The number of esters is 1. The average Bonchev–Trinajstić information content (AvgIpc) is 2.87. The van der Waals surface area contributed by atoms with Gasteiger partial charge in [0, 0.05) is 6.04 Å². The molecular weight excluding hydrogens is 300 g/mol. The number of nitrogens with two attached hydrogens (primary N) is 1. The predicted octanol–water partition coefficient (Wildman–Crippen LogP) is 1.93. The van der Waals surface area contributed by atoms with Crippen molar-refractivity contribution < 1.29 is 23.8 Å². The van der Waals surface area contributed by atoms with E-state index in [-0.39, 0.29) is 12.3 Å². The molecule has 2 atom stereocenters. The molecule has 7 nitrogen and oxygen atoms in total. The zero-order valence-electron chi connectivity index (χ0n) is 13.7. The Morgan fingerprint density at radius 2 is 2.13 bits per heavy atom. The van der Waals surface area contributed by atoms with Crippen molar-refractivity contribution in [3.8, 4) is 5.75 Å². The predicted molar refractivity (Wildman–Crippen MR) is 84.0 cm³/mol. The molecule has 126 valence electrons. The summed E-state index contributed by atoms with van der Waals surface area (Å²) in [6.07, 6.45) is -1.37. The minimum absolute atomic E-state index is 0.0422. The van der Waals surface area contributed by atoms with Crippen molar-refractivity contribution in [1.82, 2.24) is 4.98 Å². The first kappa shape index (κ1) is 17.2. The van der Waals surface area contributed by atoms with Gasteiger partial charge in [0.1, 0.15) is 17.2 Å². The van der Waals surface area contributed by atoms with E-state index in [1.165, 1.54) is 7.11 Å². The maximum atomic E-state index is 11.8. The number of benzene rings is 1. The zero-order chi connectivity index (χ0) is 17.2. The number of aromatic nitrogens is 1. The summed E-state index contributed by atoms with van der Waals surface area (Å²) in [6.45, 7) is 5.29. The number of oxazole rings is 1. The molecule has 0 saturated heterocycles. The van der Waals surface area contributed by atoms with Crippen molar-refractivity contribution in [3.63, 3.8) is 0 Å². The van der Waals surface area contributed by atoms with Crippen molar-refractivity contribution in [2.24, 2.45) is 5.73 Å². The average molecular weight is 322 g/mol. The van der Waals surface area contributed by atoms with Gasteiger partial charge in [-0.2, -0.15) is 0 Å². The van der Waals surface area contributed by atoms with Gasteiger partial charge in [-0.05, 0) is 32.9 Å². The van der Waals surface area contributed by atoms with Gasteiger partial charge in [-0.3, -0.25) is 4.79 Å². The minimum Gasteiger partial charge on any atom is -0.493 e. The van der Waals surface area contributed by atoms with E-state index < -0.39 is 23.7 Å². The molecule has 0 fully saturated rings. The number of hydrogen-bond donors (Lipinski definition) is 2. The van der Waals surface area contributed by atoms with E-state index in [4.69, 9.17) is 19.6 Å². The number of methoxy groups -OCH3 is 1. The molecule has 0 radical (unpaired) electrons. The van der Waals surface area contributed by atoms with E-state index in [2.05, 4.69) is 4.98 Å². The SMILES string of the molecule is COc1cccc2nc(C(O)C(N)CC(=O)OC(C)(C)C)oc12. The summed E-state index contributed by atoms with van der Waals surface area (Å²) in [4.78, 5) is 16.0. The molecule has 2 rings (SSSR count). The summed E-state index contributed by atoms with van der Waals surface area (Å²) < 4.78 is 15.9. The molecule has 3 N–H and O–H groups in total. The van der Waals surface area contributed by atoms with Crippen LogP contribution < -0.4 is 10.5 Å². The van der Waals surface area contributed by atoms with Crippen molar-refractivity contribution >= 4 is 17.1 Å². The smallest absolute Gasteiger partial charge is 0.307 e. The lowest BCUT2D eigenvalue weighted by Gasteiger charge is -2.21. The quantitative estimate of drug-likeness (QED) is 0.810. The topological polar surface area (TPSA) is 108 Å². The summed E-state index contributed by atoms with van der Waals surface area (Å²) in [5.74, 6) is 0.0625. The van der Waals surface area contributed by atoms with Crippen LogP contribution in [0.15, 0.2) is 22.6 Å². The maximum Gasteiger partial charge on any atom is 0.307 e. The molecule has 2 unspecified atom stereocenters. The Balaban J connectivity index is 2.13. The molecule has 2 aromatic rings. The normalized spacial score (nSPS) is 14.5. The first-order valence-electron chi connectivity index (χ1n) is 7.30. The summed E-state index contributed by atoms with van der Waals surface area (Å²) in [5, 5.41) is 10.3. The fourth-order valence-electron chi connectivity index (χ4n) is 2.10.